The summed E-state index contributed by atoms with van der Waals surface area (Å²) < 4.78 is 0. The van der Waals surface area contributed by atoms with E-state index in [0.717, 1.165) is 0 Å². The molecular weight excluding hydrogens is 186 g/mol. The van der Waals surface area contributed by atoms with E-state index in [2.05, 4.69) is 35.4 Å². The minimum absolute atomic E-state index is 0.569. The first-order valence-electron chi connectivity index (χ1n) is 5.36. The van der Waals surface area contributed by atoms with Gasteiger partial charge in [-0.2, -0.15) is 0 Å². The maximum Gasteiger partial charge on any atom is 0.189 e. The summed E-state index contributed by atoms with van der Waals surface area (Å²) in [5, 5.41) is 3.17. The van der Waals surface area contributed by atoms with E-state index in [1.165, 1.54) is 24.0 Å². The quantitative estimate of drug-likeness (QED) is 0.578. The minimum Gasteiger partial charge on any atom is -0.370 e. The zero-order valence-electron chi connectivity index (χ0n) is 9.03. The average Bonchev–Trinajstić information content (AvgIpc) is 2.99. The molecule has 15 heavy (non-hydrogen) atoms. The Balaban J connectivity index is 1.90. The Labute approximate surface area is 90.4 Å². The smallest absolute Gasteiger partial charge is 0.189 e. The van der Waals surface area contributed by atoms with Crippen molar-refractivity contribution in [3.05, 3.63) is 35.4 Å². The number of hydrogen-bond acceptors (Lipinski definition) is 1. The number of guanidine groups is 1. The Morgan fingerprint density at radius 1 is 1.53 bits per heavy atom. The number of hydrogen-bond donors (Lipinski definition) is 2. The van der Waals surface area contributed by atoms with Gasteiger partial charge in [0.2, 0.25) is 0 Å². The molecule has 1 aromatic rings. The van der Waals surface area contributed by atoms with Crippen molar-refractivity contribution < 1.29 is 0 Å². The molecule has 1 aromatic carbocycles. The van der Waals surface area contributed by atoms with Gasteiger partial charge in [-0.1, -0.05) is 29.8 Å². The van der Waals surface area contributed by atoms with E-state index in [1.54, 1.807) is 0 Å². The predicted molar refractivity (Wildman–Crippen MR) is 62.7 cm³/mol. The van der Waals surface area contributed by atoms with E-state index in [-0.39, 0.29) is 0 Å². The van der Waals surface area contributed by atoms with Crippen molar-refractivity contribution in [1.82, 2.24) is 5.32 Å². The van der Waals surface area contributed by atoms with Gasteiger partial charge in [0, 0.05) is 6.04 Å². The van der Waals surface area contributed by atoms with Crippen molar-refractivity contribution in [2.45, 2.75) is 32.4 Å². The van der Waals surface area contributed by atoms with Gasteiger partial charge < -0.3 is 11.1 Å². The zero-order chi connectivity index (χ0) is 10.7. The van der Waals surface area contributed by atoms with E-state index in [0.29, 0.717) is 18.5 Å². The fourth-order valence-electron chi connectivity index (χ4n) is 1.47. The molecule has 2 rings (SSSR count). The van der Waals surface area contributed by atoms with Crippen molar-refractivity contribution in [1.29, 1.82) is 0 Å². The first-order chi connectivity index (χ1) is 7.24. The first kappa shape index (κ1) is 10.0. The highest BCUT2D eigenvalue weighted by Crippen LogP contribution is 2.18. The van der Waals surface area contributed by atoms with E-state index in [1.807, 2.05) is 6.07 Å². The summed E-state index contributed by atoms with van der Waals surface area (Å²) in [6.45, 7) is 2.74. The summed E-state index contributed by atoms with van der Waals surface area (Å²) in [4.78, 5) is 4.30. The van der Waals surface area contributed by atoms with Crippen LogP contribution in [0.1, 0.15) is 24.0 Å². The molecule has 0 aromatic heterocycles. The topological polar surface area (TPSA) is 50.4 Å². The molecule has 1 aliphatic rings. The molecule has 0 radical (unpaired) electrons. The summed E-state index contributed by atoms with van der Waals surface area (Å²) in [6, 6.07) is 8.91. The fraction of sp³-hybridized carbons (Fsp3) is 0.417. The van der Waals surface area contributed by atoms with E-state index in [4.69, 9.17) is 5.73 Å². The van der Waals surface area contributed by atoms with Crippen LogP contribution in [-0.2, 0) is 6.54 Å². The SMILES string of the molecule is Cc1cccc(CN=C(N)NC2CC2)c1. The second-order valence-corrected chi connectivity index (χ2v) is 4.11. The third kappa shape index (κ3) is 3.27. The maximum absolute atomic E-state index is 5.74. The van der Waals surface area contributed by atoms with Crippen LogP contribution in [0.25, 0.3) is 0 Å². The molecule has 0 spiro atoms. The van der Waals surface area contributed by atoms with Crippen LogP contribution >= 0.6 is 0 Å². The lowest BCUT2D eigenvalue weighted by atomic mass is 10.1. The number of nitrogens with zero attached hydrogens (tertiary/aromatic N) is 1. The van der Waals surface area contributed by atoms with Crippen molar-refractivity contribution in [3.8, 4) is 0 Å². The van der Waals surface area contributed by atoms with Crippen LogP contribution in [0, 0.1) is 6.92 Å². The summed E-state index contributed by atoms with van der Waals surface area (Å²) >= 11 is 0. The maximum atomic E-state index is 5.74. The van der Waals surface area contributed by atoms with Crippen LogP contribution in [0.4, 0.5) is 0 Å². The summed E-state index contributed by atoms with van der Waals surface area (Å²) in [5.41, 5.74) is 8.20. The predicted octanol–water partition coefficient (Wildman–Crippen LogP) is 1.56. The Bertz CT molecular complexity index is 367. The van der Waals surface area contributed by atoms with Crippen molar-refractivity contribution in [2.75, 3.05) is 0 Å². The molecule has 3 nitrogen and oxygen atoms in total. The van der Waals surface area contributed by atoms with Gasteiger partial charge in [0.15, 0.2) is 5.96 Å². The molecule has 0 unspecified atom stereocenters. The van der Waals surface area contributed by atoms with Crippen LogP contribution in [0.15, 0.2) is 29.3 Å². The van der Waals surface area contributed by atoms with Crippen LogP contribution in [0.3, 0.4) is 0 Å². The molecular formula is C12H17N3. The molecule has 1 saturated carbocycles. The number of aliphatic imine (C=N–C) groups is 1. The molecule has 0 amide bonds. The highest BCUT2D eigenvalue weighted by Gasteiger charge is 2.21. The van der Waals surface area contributed by atoms with E-state index >= 15 is 0 Å². The van der Waals surface area contributed by atoms with E-state index < -0.39 is 0 Å². The van der Waals surface area contributed by atoms with E-state index in [9.17, 15) is 0 Å². The highest BCUT2D eigenvalue weighted by atomic mass is 15.1. The molecule has 1 aliphatic carbocycles. The monoisotopic (exact) mass is 203 g/mol. The van der Waals surface area contributed by atoms with Gasteiger partial charge in [0.25, 0.3) is 0 Å². The number of benzene rings is 1. The van der Waals surface area contributed by atoms with Gasteiger partial charge in [0.1, 0.15) is 0 Å². The largest absolute Gasteiger partial charge is 0.370 e. The Morgan fingerprint density at radius 3 is 3.00 bits per heavy atom. The Kier molecular flexibility index (Phi) is 2.90. The van der Waals surface area contributed by atoms with Gasteiger partial charge in [-0.15, -0.1) is 0 Å². The van der Waals surface area contributed by atoms with Crippen LogP contribution in [0.5, 0.6) is 0 Å². The van der Waals surface area contributed by atoms with Crippen LogP contribution < -0.4 is 11.1 Å². The standard InChI is InChI=1S/C12H17N3/c1-9-3-2-4-10(7-9)8-14-12(13)15-11-5-6-11/h2-4,7,11H,5-6,8H2,1H3,(H3,13,14,15). The second-order valence-electron chi connectivity index (χ2n) is 4.11. The van der Waals surface area contributed by atoms with Crippen molar-refractivity contribution >= 4 is 5.96 Å². The first-order valence-corrected chi connectivity index (χ1v) is 5.36. The number of nitrogens with two attached hydrogens (primary N) is 1. The van der Waals surface area contributed by atoms with Gasteiger partial charge in [-0.3, -0.25) is 0 Å². The van der Waals surface area contributed by atoms with Gasteiger partial charge in [0.05, 0.1) is 6.54 Å². The molecule has 0 aliphatic heterocycles. The fourth-order valence-corrected chi connectivity index (χ4v) is 1.47. The molecule has 0 bridgehead atoms. The summed E-state index contributed by atoms with van der Waals surface area (Å²) in [7, 11) is 0. The van der Waals surface area contributed by atoms with Crippen LogP contribution in [0.2, 0.25) is 0 Å². The highest BCUT2D eigenvalue weighted by molar-refractivity contribution is 5.78. The molecule has 0 saturated heterocycles. The third-order valence-corrected chi connectivity index (χ3v) is 2.44. The molecule has 3 N–H and O–H groups in total. The lowest BCUT2D eigenvalue weighted by molar-refractivity contribution is 0.878. The normalized spacial score (nSPS) is 16.5. The molecule has 0 atom stereocenters. The minimum atomic E-state index is 0.569. The molecule has 3 heteroatoms. The lowest BCUT2D eigenvalue weighted by Crippen LogP contribution is -2.33. The summed E-state index contributed by atoms with van der Waals surface area (Å²) in [6.07, 6.45) is 2.45. The van der Waals surface area contributed by atoms with Crippen molar-refractivity contribution in [3.63, 3.8) is 0 Å². The Morgan fingerprint density at radius 2 is 2.33 bits per heavy atom. The van der Waals surface area contributed by atoms with Gasteiger partial charge in [-0.25, -0.2) is 4.99 Å². The van der Waals surface area contributed by atoms with Gasteiger partial charge in [-0.05, 0) is 25.3 Å². The van der Waals surface area contributed by atoms with Crippen LogP contribution in [-0.4, -0.2) is 12.0 Å². The Hall–Kier alpha value is -1.51. The molecule has 1 fully saturated rings. The molecule has 0 heterocycles. The average molecular weight is 203 g/mol. The zero-order valence-corrected chi connectivity index (χ0v) is 9.03. The second kappa shape index (κ2) is 4.34. The lowest BCUT2D eigenvalue weighted by Gasteiger charge is -2.03. The molecule has 80 valence electrons. The van der Waals surface area contributed by atoms with Crippen molar-refractivity contribution in [2.24, 2.45) is 10.7 Å². The number of rotatable bonds is 3. The number of nitrogens with one attached hydrogen (secondary N) is 1. The van der Waals surface area contributed by atoms with Gasteiger partial charge >= 0.3 is 0 Å². The number of aryl methyl sites for hydroxylation is 1. The summed E-state index contributed by atoms with van der Waals surface area (Å²) in [5.74, 6) is 0.569. The third-order valence-electron chi connectivity index (χ3n) is 2.44.